The molecule has 0 unspecified atom stereocenters. The highest BCUT2D eigenvalue weighted by Gasteiger charge is 2.29. The molecule has 3 heterocycles. The van der Waals surface area contributed by atoms with Gasteiger partial charge in [0, 0.05) is 18.5 Å². The van der Waals surface area contributed by atoms with Crippen molar-refractivity contribution in [2.45, 2.75) is 39.3 Å². The second kappa shape index (κ2) is 7.71. The third-order valence-corrected chi connectivity index (χ3v) is 4.03. The lowest BCUT2D eigenvalue weighted by molar-refractivity contribution is -0.0458. The average molecular weight is 345 g/mol. The van der Waals surface area contributed by atoms with Gasteiger partial charge in [-0.05, 0) is 33.3 Å². The monoisotopic (exact) mass is 345 g/mol. The SMILES string of the molecule is CC(C)=CCO[C@H]1CCOC[C@H]1NC(=O)c1nnc2nc(C)ccn12. The smallest absolute Gasteiger partial charge is 0.290 e. The fourth-order valence-electron chi connectivity index (χ4n) is 2.65. The predicted octanol–water partition coefficient (Wildman–Crippen LogP) is 1.30. The van der Waals surface area contributed by atoms with E-state index in [4.69, 9.17) is 9.47 Å². The number of nitrogens with one attached hydrogen (secondary N) is 1. The number of carbonyl (C=O) groups is 1. The zero-order valence-electron chi connectivity index (χ0n) is 14.7. The lowest BCUT2D eigenvalue weighted by Crippen LogP contribution is -2.51. The molecular formula is C17H23N5O3. The maximum atomic E-state index is 12.6. The predicted molar refractivity (Wildman–Crippen MR) is 91.4 cm³/mol. The molecule has 25 heavy (non-hydrogen) atoms. The number of allylic oxidation sites excluding steroid dienone is 1. The minimum atomic E-state index is -0.315. The molecule has 2 atom stereocenters. The number of amides is 1. The van der Waals surface area contributed by atoms with Gasteiger partial charge in [-0.1, -0.05) is 11.6 Å². The molecule has 8 heteroatoms. The van der Waals surface area contributed by atoms with E-state index in [1.54, 1.807) is 10.6 Å². The number of rotatable bonds is 5. The van der Waals surface area contributed by atoms with Crippen LogP contribution in [0.2, 0.25) is 0 Å². The first kappa shape index (κ1) is 17.5. The topological polar surface area (TPSA) is 90.6 Å². The van der Waals surface area contributed by atoms with Gasteiger partial charge in [0.05, 0.1) is 25.4 Å². The van der Waals surface area contributed by atoms with E-state index in [9.17, 15) is 4.79 Å². The molecule has 8 nitrogen and oxygen atoms in total. The zero-order chi connectivity index (χ0) is 17.8. The molecule has 2 aromatic heterocycles. The van der Waals surface area contributed by atoms with Crippen molar-refractivity contribution in [2.75, 3.05) is 19.8 Å². The summed E-state index contributed by atoms with van der Waals surface area (Å²) < 4.78 is 13.0. The summed E-state index contributed by atoms with van der Waals surface area (Å²) in [7, 11) is 0. The summed E-state index contributed by atoms with van der Waals surface area (Å²) >= 11 is 0. The number of fused-ring (bicyclic) bond motifs is 1. The summed E-state index contributed by atoms with van der Waals surface area (Å²) in [6, 6.07) is 1.58. The molecule has 0 aliphatic carbocycles. The van der Waals surface area contributed by atoms with Crippen molar-refractivity contribution < 1.29 is 14.3 Å². The average Bonchev–Trinajstić information content (AvgIpc) is 2.99. The van der Waals surface area contributed by atoms with Gasteiger partial charge in [-0.3, -0.25) is 9.20 Å². The van der Waals surface area contributed by atoms with Gasteiger partial charge in [-0.25, -0.2) is 4.98 Å². The lowest BCUT2D eigenvalue weighted by Gasteiger charge is -2.31. The molecule has 1 saturated heterocycles. The highest BCUT2D eigenvalue weighted by molar-refractivity contribution is 5.91. The third kappa shape index (κ3) is 4.21. The Labute approximate surface area is 146 Å². The number of carbonyl (C=O) groups excluding carboxylic acids is 1. The molecule has 1 aliphatic heterocycles. The van der Waals surface area contributed by atoms with Crippen molar-refractivity contribution in [3.05, 3.63) is 35.4 Å². The molecule has 3 rings (SSSR count). The van der Waals surface area contributed by atoms with Gasteiger partial charge in [-0.15, -0.1) is 10.2 Å². The molecule has 134 valence electrons. The highest BCUT2D eigenvalue weighted by Crippen LogP contribution is 2.13. The summed E-state index contributed by atoms with van der Waals surface area (Å²) in [5.74, 6) is 0.294. The summed E-state index contributed by atoms with van der Waals surface area (Å²) in [6.45, 7) is 7.48. The molecular weight excluding hydrogens is 322 g/mol. The number of hydrogen-bond acceptors (Lipinski definition) is 6. The minimum absolute atomic E-state index is 0.0899. The van der Waals surface area contributed by atoms with E-state index in [1.807, 2.05) is 32.9 Å². The van der Waals surface area contributed by atoms with Gasteiger partial charge in [0.15, 0.2) is 0 Å². The van der Waals surface area contributed by atoms with Crippen LogP contribution in [-0.2, 0) is 9.47 Å². The summed E-state index contributed by atoms with van der Waals surface area (Å²) in [5, 5.41) is 10.9. The fourth-order valence-corrected chi connectivity index (χ4v) is 2.65. The lowest BCUT2D eigenvalue weighted by atomic mass is 10.1. The largest absolute Gasteiger partial charge is 0.379 e. The Balaban J connectivity index is 1.70. The molecule has 1 N–H and O–H groups in total. The first-order valence-corrected chi connectivity index (χ1v) is 8.36. The molecule has 2 aromatic rings. The molecule has 0 saturated carbocycles. The molecule has 0 radical (unpaired) electrons. The van der Waals surface area contributed by atoms with E-state index in [-0.39, 0.29) is 23.9 Å². The molecule has 0 bridgehead atoms. The van der Waals surface area contributed by atoms with E-state index < -0.39 is 0 Å². The Morgan fingerprint density at radius 1 is 1.48 bits per heavy atom. The summed E-state index contributed by atoms with van der Waals surface area (Å²) in [6.07, 6.45) is 4.41. The van der Waals surface area contributed by atoms with Gasteiger partial charge in [0.25, 0.3) is 11.7 Å². The van der Waals surface area contributed by atoms with Gasteiger partial charge in [-0.2, -0.15) is 0 Å². The number of hydrogen-bond donors (Lipinski definition) is 1. The van der Waals surface area contributed by atoms with Crippen molar-refractivity contribution in [1.29, 1.82) is 0 Å². The van der Waals surface area contributed by atoms with Gasteiger partial charge < -0.3 is 14.8 Å². The van der Waals surface area contributed by atoms with Crippen molar-refractivity contribution in [3.8, 4) is 0 Å². The summed E-state index contributed by atoms with van der Waals surface area (Å²) in [5.41, 5.74) is 2.02. The van der Waals surface area contributed by atoms with Crippen LogP contribution in [0.15, 0.2) is 23.9 Å². The van der Waals surface area contributed by atoms with Crippen LogP contribution in [0.4, 0.5) is 0 Å². The van der Waals surface area contributed by atoms with Crippen LogP contribution in [0, 0.1) is 6.92 Å². The Bertz CT molecular complexity index is 782. The Morgan fingerprint density at radius 2 is 2.32 bits per heavy atom. The fraction of sp³-hybridized carbons (Fsp3) is 0.529. The van der Waals surface area contributed by atoms with E-state index >= 15 is 0 Å². The van der Waals surface area contributed by atoms with Crippen molar-refractivity contribution in [1.82, 2.24) is 24.9 Å². The van der Waals surface area contributed by atoms with Gasteiger partial charge >= 0.3 is 0 Å². The Morgan fingerprint density at radius 3 is 3.12 bits per heavy atom. The maximum Gasteiger partial charge on any atom is 0.290 e. The van der Waals surface area contributed by atoms with Crippen LogP contribution < -0.4 is 5.32 Å². The molecule has 1 aliphatic rings. The van der Waals surface area contributed by atoms with Crippen molar-refractivity contribution >= 4 is 11.7 Å². The van der Waals surface area contributed by atoms with Gasteiger partial charge in [0.1, 0.15) is 0 Å². The van der Waals surface area contributed by atoms with Crippen LogP contribution in [0.25, 0.3) is 5.78 Å². The van der Waals surface area contributed by atoms with Crippen molar-refractivity contribution in [3.63, 3.8) is 0 Å². The van der Waals surface area contributed by atoms with Crippen LogP contribution >= 0.6 is 0 Å². The van der Waals surface area contributed by atoms with E-state index in [0.29, 0.717) is 25.6 Å². The third-order valence-electron chi connectivity index (χ3n) is 4.03. The van der Waals surface area contributed by atoms with E-state index in [0.717, 1.165) is 12.1 Å². The quantitative estimate of drug-likeness (QED) is 0.822. The number of nitrogens with zero attached hydrogens (tertiary/aromatic N) is 4. The second-order valence-corrected chi connectivity index (χ2v) is 6.36. The van der Waals surface area contributed by atoms with Gasteiger partial charge in [0.2, 0.25) is 5.82 Å². The number of aromatic nitrogens is 4. The normalized spacial score (nSPS) is 20.4. The molecule has 1 fully saturated rings. The summed E-state index contributed by atoms with van der Waals surface area (Å²) in [4.78, 5) is 16.9. The highest BCUT2D eigenvalue weighted by atomic mass is 16.5. The molecule has 0 spiro atoms. The molecule has 0 aromatic carbocycles. The minimum Gasteiger partial charge on any atom is -0.379 e. The van der Waals surface area contributed by atoms with E-state index in [2.05, 4.69) is 20.5 Å². The van der Waals surface area contributed by atoms with Crippen LogP contribution in [0.3, 0.4) is 0 Å². The standard InChI is InChI=1S/C17H23N5O3/c1-11(2)5-9-25-14-6-8-24-10-13(14)19-16(23)15-20-21-17-18-12(3)4-7-22(15)17/h4-5,7,13-14H,6,8-10H2,1-3H3,(H,19,23)/t13-,14+/m1/s1. The van der Waals surface area contributed by atoms with Crippen LogP contribution in [-0.4, -0.2) is 57.5 Å². The number of ether oxygens (including phenoxy) is 2. The van der Waals surface area contributed by atoms with Crippen molar-refractivity contribution in [2.24, 2.45) is 0 Å². The van der Waals surface area contributed by atoms with Crippen LogP contribution in [0.1, 0.15) is 36.6 Å². The Hall–Kier alpha value is -2.32. The first-order chi connectivity index (χ1) is 12.0. The first-order valence-electron chi connectivity index (χ1n) is 8.36. The van der Waals surface area contributed by atoms with Crippen LogP contribution in [0.5, 0.6) is 0 Å². The Kier molecular flexibility index (Phi) is 5.40. The van der Waals surface area contributed by atoms with E-state index in [1.165, 1.54) is 5.57 Å². The number of aryl methyl sites for hydroxylation is 1. The molecule has 1 amide bonds. The second-order valence-electron chi connectivity index (χ2n) is 6.36. The maximum absolute atomic E-state index is 12.6. The zero-order valence-corrected chi connectivity index (χ0v) is 14.7.